The maximum absolute atomic E-state index is 13.8. The Morgan fingerprint density at radius 1 is 1.19 bits per heavy atom. The second-order valence-corrected chi connectivity index (χ2v) is 10.5. The quantitative estimate of drug-likeness (QED) is 0.401. The van der Waals surface area contributed by atoms with E-state index in [0.29, 0.717) is 18.6 Å². The summed E-state index contributed by atoms with van der Waals surface area (Å²) in [5, 5.41) is -0.296. The van der Waals surface area contributed by atoms with Crippen molar-refractivity contribution in [1.82, 2.24) is 0 Å². The van der Waals surface area contributed by atoms with E-state index < -0.39 is 10.8 Å². The summed E-state index contributed by atoms with van der Waals surface area (Å²) in [6.45, 7) is 6.64. The largest absolute Gasteiger partial charge is 0.465 e. The lowest BCUT2D eigenvalue weighted by molar-refractivity contribution is -0.229. The van der Waals surface area contributed by atoms with Crippen molar-refractivity contribution in [3.8, 4) is 0 Å². The molecule has 0 radical (unpaired) electrons. The minimum absolute atomic E-state index is 0.0106. The lowest BCUT2D eigenvalue weighted by atomic mass is 9.35. The number of esters is 1. The lowest BCUT2D eigenvalue weighted by Gasteiger charge is -2.68. The highest BCUT2D eigenvalue weighted by Crippen LogP contribution is 2.72. The highest BCUT2D eigenvalue weighted by atomic mass is 32.2. The van der Waals surface area contributed by atoms with Gasteiger partial charge in [0, 0.05) is 11.3 Å². The van der Waals surface area contributed by atoms with Gasteiger partial charge in [-0.1, -0.05) is 19.9 Å². The third kappa shape index (κ3) is 1.60. The first-order chi connectivity index (χ1) is 12.3. The summed E-state index contributed by atoms with van der Waals surface area (Å²) < 4.78 is 5.76. The zero-order valence-electron chi connectivity index (χ0n) is 15.5. The van der Waals surface area contributed by atoms with E-state index >= 15 is 0 Å². The predicted octanol–water partition coefficient (Wildman–Crippen LogP) is 3.19. The van der Waals surface area contributed by atoms with Crippen molar-refractivity contribution in [3.05, 3.63) is 12.2 Å². The fourth-order valence-electron chi connectivity index (χ4n) is 7.59. The maximum atomic E-state index is 13.8. The molecular formula is C21H26O4S. The number of Topliss-reactive ketones (excluding diaryl/α,β-unsaturated/α-hetero) is 2. The minimum Gasteiger partial charge on any atom is -0.465 e. The Balaban J connectivity index is 1.78. The van der Waals surface area contributed by atoms with E-state index in [1.165, 1.54) is 0 Å². The van der Waals surface area contributed by atoms with Crippen LogP contribution in [0, 0.1) is 34.0 Å². The average molecular weight is 375 g/mol. The SMILES string of the molecule is C=C1C(=O)C23CC[C@@H]1CC2[C@@]12CCC[C@@](C)(COC1=O)C2[C@@H](SC)C3=O. The van der Waals surface area contributed by atoms with Crippen LogP contribution in [0.4, 0.5) is 0 Å². The van der Waals surface area contributed by atoms with Crippen molar-refractivity contribution < 1.29 is 19.1 Å². The van der Waals surface area contributed by atoms with E-state index in [1.54, 1.807) is 11.8 Å². The summed E-state index contributed by atoms with van der Waals surface area (Å²) in [5.74, 6) is -0.189. The molecule has 1 aliphatic heterocycles. The van der Waals surface area contributed by atoms with Crippen LogP contribution in [-0.4, -0.2) is 35.6 Å². The molecule has 0 N–H and O–H groups in total. The number of ketones is 2. The molecule has 3 unspecified atom stereocenters. The molecule has 6 fully saturated rings. The van der Waals surface area contributed by atoms with E-state index in [2.05, 4.69) is 13.5 Å². The molecule has 0 aromatic heterocycles. The first-order valence-electron chi connectivity index (χ1n) is 9.81. The number of ether oxygens (including phenoxy) is 1. The Hall–Kier alpha value is -1.10. The van der Waals surface area contributed by atoms with Crippen molar-refractivity contribution in [1.29, 1.82) is 0 Å². The molecule has 1 spiro atoms. The van der Waals surface area contributed by atoms with Gasteiger partial charge in [-0.3, -0.25) is 14.4 Å². The number of fused-ring (bicyclic) bond motifs is 2. The standard InChI is InChI=1S/C21H26O4S/c1-11-12-5-8-21(16(11)22)13(9-12)20-7-4-6-19(2,10-25-18(20)24)15(20)14(26-3)17(21)23/h12-15H,1,4-10H2,2-3H3/t12-,13?,14-,15?,19+,20-,21?/m1/s1. The van der Waals surface area contributed by atoms with Gasteiger partial charge in [-0.05, 0) is 55.8 Å². The molecule has 4 bridgehead atoms. The van der Waals surface area contributed by atoms with Crippen LogP contribution in [0.5, 0.6) is 0 Å². The van der Waals surface area contributed by atoms with Gasteiger partial charge < -0.3 is 4.74 Å². The van der Waals surface area contributed by atoms with E-state index in [4.69, 9.17) is 4.74 Å². The van der Waals surface area contributed by atoms with Crippen molar-refractivity contribution in [2.24, 2.45) is 34.0 Å². The monoisotopic (exact) mass is 374 g/mol. The molecule has 6 aliphatic rings. The molecule has 26 heavy (non-hydrogen) atoms. The average Bonchev–Trinajstić information content (AvgIpc) is 2.63. The number of thioether (sulfide) groups is 1. The number of allylic oxidation sites excluding steroid dienone is 1. The molecule has 0 aromatic rings. The molecule has 5 heteroatoms. The minimum atomic E-state index is -1.02. The fraction of sp³-hybridized carbons (Fsp3) is 0.762. The van der Waals surface area contributed by atoms with Gasteiger partial charge in [0.2, 0.25) is 0 Å². The molecule has 0 amide bonds. The molecule has 5 aliphatic carbocycles. The zero-order chi connectivity index (χ0) is 18.5. The van der Waals surface area contributed by atoms with Gasteiger partial charge in [0.25, 0.3) is 0 Å². The van der Waals surface area contributed by atoms with Gasteiger partial charge in [-0.15, -0.1) is 0 Å². The summed E-state index contributed by atoms with van der Waals surface area (Å²) in [4.78, 5) is 40.5. The molecule has 7 atom stereocenters. The van der Waals surface area contributed by atoms with Crippen LogP contribution < -0.4 is 0 Å². The van der Waals surface area contributed by atoms with Gasteiger partial charge in [-0.25, -0.2) is 0 Å². The second kappa shape index (κ2) is 5.03. The van der Waals surface area contributed by atoms with Crippen molar-refractivity contribution in [2.45, 2.75) is 50.7 Å². The van der Waals surface area contributed by atoms with Gasteiger partial charge in [0.05, 0.1) is 22.7 Å². The molecule has 4 nitrogen and oxygen atoms in total. The maximum Gasteiger partial charge on any atom is 0.312 e. The number of hydrogen-bond donors (Lipinski definition) is 0. The molecule has 1 saturated heterocycles. The summed E-state index contributed by atoms with van der Waals surface area (Å²) in [7, 11) is 0. The van der Waals surface area contributed by atoms with E-state index in [9.17, 15) is 14.4 Å². The molecule has 140 valence electrons. The van der Waals surface area contributed by atoms with Crippen molar-refractivity contribution >= 4 is 29.3 Å². The predicted molar refractivity (Wildman–Crippen MR) is 98.6 cm³/mol. The van der Waals surface area contributed by atoms with Crippen LogP contribution in [0.2, 0.25) is 0 Å². The first kappa shape index (κ1) is 17.0. The molecule has 6 rings (SSSR count). The molecular weight excluding hydrogens is 348 g/mol. The van der Waals surface area contributed by atoms with Gasteiger partial charge in [0.1, 0.15) is 0 Å². The first-order valence-corrected chi connectivity index (χ1v) is 11.1. The van der Waals surface area contributed by atoms with E-state index in [1.807, 2.05) is 6.26 Å². The lowest BCUT2D eigenvalue weighted by Crippen LogP contribution is -2.75. The summed E-state index contributed by atoms with van der Waals surface area (Å²) >= 11 is 1.54. The summed E-state index contributed by atoms with van der Waals surface area (Å²) in [6.07, 6.45) is 6.87. The van der Waals surface area contributed by atoms with Crippen LogP contribution in [-0.2, 0) is 19.1 Å². The van der Waals surface area contributed by atoms with E-state index in [-0.39, 0.29) is 46.0 Å². The highest BCUT2D eigenvalue weighted by molar-refractivity contribution is 8.00. The van der Waals surface area contributed by atoms with Crippen LogP contribution in [0.3, 0.4) is 0 Å². The Morgan fingerprint density at radius 2 is 1.96 bits per heavy atom. The fourth-order valence-corrected chi connectivity index (χ4v) is 8.86. The van der Waals surface area contributed by atoms with E-state index in [0.717, 1.165) is 32.1 Å². The Labute approximate surface area is 158 Å². The summed E-state index contributed by atoms with van der Waals surface area (Å²) in [6, 6.07) is 0. The van der Waals surface area contributed by atoms with Crippen LogP contribution in [0.15, 0.2) is 12.2 Å². The Morgan fingerprint density at radius 3 is 2.69 bits per heavy atom. The van der Waals surface area contributed by atoms with Crippen LogP contribution >= 0.6 is 11.8 Å². The number of hydrogen-bond acceptors (Lipinski definition) is 5. The van der Waals surface area contributed by atoms with Crippen LogP contribution in [0.1, 0.15) is 45.4 Å². The Kier molecular flexibility index (Phi) is 3.30. The zero-order valence-corrected chi connectivity index (χ0v) is 16.3. The normalized spacial score (nSPS) is 52.4. The third-order valence-corrected chi connectivity index (χ3v) is 9.62. The number of carbonyl (C=O) groups excluding carboxylic acids is 3. The number of rotatable bonds is 1. The number of cyclic esters (lactones) is 1. The second-order valence-electron chi connectivity index (χ2n) is 9.47. The molecule has 5 saturated carbocycles. The molecule has 1 heterocycles. The third-order valence-electron chi connectivity index (χ3n) is 8.63. The van der Waals surface area contributed by atoms with Gasteiger partial charge in [-0.2, -0.15) is 11.8 Å². The topological polar surface area (TPSA) is 60.4 Å². The smallest absolute Gasteiger partial charge is 0.312 e. The van der Waals surface area contributed by atoms with Gasteiger partial charge in [0.15, 0.2) is 11.6 Å². The number of carbonyl (C=O) groups is 3. The van der Waals surface area contributed by atoms with Crippen LogP contribution in [0.25, 0.3) is 0 Å². The summed E-state index contributed by atoms with van der Waals surface area (Å²) in [5.41, 5.74) is -1.22. The van der Waals surface area contributed by atoms with Gasteiger partial charge >= 0.3 is 5.97 Å². The highest BCUT2D eigenvalue weighted by Gasteiger charge is 2.78. The Bertz CT molecular complexity index is 759. The van der Waals surface area contributed by atoms with Crippen molar-refractivity contribution in [2.75, 3.05) is 12.9 Å². The molecule has 0 aromatic carbocycles. The van der Waals surface area contributed by atoms with Crippen molar-refractivity contribution in [3.63, 3.8) is 0 Å².